The molecule has 0 aliphatic rings. The van der Waals surface area contributed by atoms with Crippen LogP contribution in [0.2, 0.25) is 10.0 Å². The van der Waals surface area contributed by atoms with E-state index in [1.165, 1.54) is 30.5 Å². The summed E-state index contributed by atoms with van der Waals surface area (Å²) in [5.41, 5.74) is 0.307. The summed E-state index contributed by atoms with van der Waals surface area (Å²) in [6.45, 7) is -0.295. The highest BCUT2D eigenvalue weighted by molar-refractivity contribution is 7.89. The zero-order valence-electron chi connectivity index (χ0n) is 14.9. The molecule has 3 aromatic rings. The molecule has 0 atom stereocenters. The molecule has 0 unspecified atom stereocenters. The summed E-state index contributed by atoms with van der Waals surface area (Å²) in [4.78, 5) is 12.1. The highest BCUT2D eigenvalue weighted by Gasteiger charge is 2.15. The van der Waals surface area contributed by atoms with E-state index in [0.717, 1.165) is 0 Å². The molecule has 1 amide bonds. The number of rotatable bonds is 8. The van der Waals surface area contributed by atoms with Crippen molar-refractivity contribution in [1.29, 1.82) is 0 Å². The third-order valence-electron chi connectivity index (χ3n) is 3.70. The maximum absolute atomic E-state index is 12.4. The minimum Gasteiger partial charge on any atom is -0.482 e. The van der Waals surface area contributed by atoms with Gasteiger partial charge in [0.1, 0.15) is 11.5 Å². The van der Waals surface area contributed by atoms with Crippen molar-refractivity contribution in [2.75, 3.05) is 11.9 Å². The molecule has 1 aromatic heterocycles. The molecule has 0 spiro atoms. The van der Waals surface area contributed by atoms with Gasteiger partial charge >= 0.3 is 0 Å². The number of furan rings is 1. The number of anilines is 1. The average Bonchev–Trinajstić information content (AvgIpc) is 3.20. The van der Waals surface area contributed by atoms with Crippen LogP contribution in [-0.2, 0) is 21.4 Å². The molecule has 0 bridgehead atoms. The molecular formula is C19H16Cl2N2O5S. The summed E-state index contributed by atoms with van der Waals surface area (Å²) in [5, 5.41) is 3.31. The zero-order chi connectivity index (χ0) is 20.9. The third kappa shape index (κ3) is 5.98. The lowest BCUT2D eigenvalue weighted by Gasteiger charge is -2.10. The van der Waals surface area contributed by atoms with Gasteiger partial charge in [-0.15, -0.1) is 0 Å². The SMILES string of the molecule is O=C(COc1ccc(Cl)cc1Cl)Nc1cccc(S(=O)(=O)NCc2ccco2)c1. The molecule has 0 saturated heterocycles. The number of halogens is 2. The van der Waals surface area contributed by atoms with Crippen LogP contribution >= 0.6 is 23.2 Å². The van der Waals surface area contributed by atoms with Crippen molar-refractivity contribution in [3.05, 3.63) is 76.7 Å². The Kier molecular flexibility index (Phi) is 6.81. The van der Waals surface area contributed by atoms with E-state index in [2.05, 4.69) is 10.0 Å². The summed E-state index contributed by atoms with van der Waals surface area (Å²) < 4.78 is 37.7. The Hall–Kier alpha value is -2.52. The number of sulfonamides is 1. The molecule has 2 N–H and O–H groups in total. The second-order valence-corrected chi connectivity index (χ2v) is 8.45. The van der Waals surface area contributed by atoms with Crippen LogP contribution in [-0.4, -0.2) is 20.9 Å². The molecule has 0 saturated carbocycles. The molecule has 0 radical (unpaired) electrons. The second kappa shape index (κ2) is 9.32. The summed E-state index contributed by atoms with van der Waals surface area (Å²) >= 11 is 11.8. The van der Waals surface area contributed by atoms with Crippen LogP contribution in [0.25, 0.3) is 0 Å². The lowest BCUT2D eigenvalue weighted by atomic mass is 10.3. The zero-order valence-corrected chi connectivity index (χ0v) is 17.2. The van der Waals surface area contributed by atoms with Crippen LogP contribution in [0.5, 0.6) is 5.75 Å². The Bertz CT molecular complexity index is 1100. The number of benzene rings is 2. The third-order valence-corrected chi connectivity index (χ3v) is 5.63. The molecule has 3 rings (SSSR count). The van der Waals surface area contributed by atoms with Crippen molar-refractivity contribution in [2.45, 2.75) is 11.4 Å². The van der Waals surface area contributed by atoms with Gasteiger partial charge in [0.05, 0.1) is 22.7 Å². The van der Waals surface area contributed by atoms with Crippen LogP contribution in [0.15, 0.2) is 70.2 Å². The molecule has 0 aliphatic heterocycles. The van der Waals surface area contributed by atoms with Crippen LogP contribution in [0.4, 0.5) is 5.69 Å². The molecule has 7 nitrogen and oxygen atoms in total. The van der Waals surface area contributed by atoms with Crippen molar-refractivity contribution in [3.8, 4) is 5.75 Å². The monoisotopic (exact) mass is 454 g/mol. The highest BCUT2D eigenvalue weighted by Crippen LogP contribution is 2.27. The van der Waals surface area contributed by atoms with Gasteiger partial charge in [-0.1, -0.05) is 29.3 Å². The van der Waals surface area contributed by atoms with Crippen molar-refractivity contribution < 1.29 is 22.4 Å². The lowest BCUT2D eigenvalue weighted by molar-refractivity contribution is -0.118. The molecule has 0 aliphatic carbocycles. The predicted molar refractivity (Wildman–Crippen MR) is 110 cm³/mol. The van der Waals surface area contributed by atoms with E-state index in [4.69, 9.17) is 32.4 Å². The fourth-order valence-corrected chi connectivity index (χ4v) is 3.84. The smallest absolute Gasteiger partial charge is 0.262 e. The average molecular weight is 455 g/mol. The Balaban J connectivity index is 1.60. The van der Waals surface area contributed by atoms with E-state index in [9.17, 15) is 13.2 Å². The summed E-state index contributed by atoms with van der Waals surface area (Å²) in [7, 11) is -3.78. The topological polar surface area (TPSA) is 97.6 Å². The Morgan fingerprint density at radius 2 is 1.90 bits per heavy atom. The number of amides is 1. The molecule has 1 heterocycles. The number of carbonyl (C=O) groups excluding carboxylic acids is 1. The lowest BCUT2D eigenvalue weighted by Crippen LogP contribution is -2.24. The Labute approximate surface area is 177 Å². The van der Waals surface area contributed by atoms with E-state index in [1.54, 1.807) is 30.3 Å². The van der Waals surface area contributed by atoms with Gasteiger partial charge in [-0.2, -0.15) is 0 Å². The molecule has 10 heteroatoms. The van der Waals surface area contributed by atoms with E-state index >= 15 is 0 Å². The van der Waals surface area contributed by atoms with Crippen molar-refractivity contribution >= 4 is 44.8 Å². The molecule has 152 valence electrons. The van der Waals surface area contributed by atoms with Crippen molar-refractivity contribution in [2.24, 2.45) is 0 Å². The summed E-state index contributed by atoms with van der Waals surface area (Å²) in [6.07, 6.45) is 1.46. The molecule has 29 heavy (non-hydrogen) atoms. The van der Waals surface area contributed by atoms with Gasteiger partial charge in [0.25, 0.3) is 5.91 Å². The Morgan fingerprint density at radius 1 is 1.07 bits per heavy atom. The number of hydrogen-bond acceptors (Lipinski definition) is 5. The molecule has 0 fully saturated rings. The summed E-state index contributed by atoms with van der Waals surface area (Å²) in [5.74, 6) is 0.315. The Morgan fingerprint density at radius 3 is 2.62 bits per heavy atom. The van der Waals surface area contributed by atoms with Crippen molar-refractivity contribution in [3.63, 3.8) is 0 Å². The quantitative estimate of drug-likeness (QED) is 0.534. The van der Waals surface area contributed by atoms with Gasteiger partial charge in [0.2, 0.25) is 10.0 Å². The van der Waals surface area contributed by atoms with Gasteiger partial charge in [-0.3, -0.25) is 4.79 Å². The largest absolute Gasteiger partial charge is 0.482 e. The first-order valence-corrected chi connectivity index (χ1v) is 10.6. The van der Waals surface area contributed by atoms with Gasteiger partial charge in [-0.25, -0.2) is 13.1 Å². The predicted octanol–water partition coefficient (Wildman–Crippen LogP) is 4.08. The first-order valence-electron chi connectivity index (χ1n) is 8.33. The molecule has 2 aromatic carbocycles. The van der Waals surface area contributed by atoms with Crippen molar-refractivity contribution in [1.82, 2.24) is 4.72 Å². The van der Waals surface area contributed by atoms with Crippen LogP contribution < -0.4 is 14.8 Å². The normalized spacial score (nSPS) is 11.2. The first-order chi connectivity index (χ1) is 13.8. The number of ether oxygens (including phenoxy) is 1. The molecular weight excluding hydrogens is 439 g/mol. The standard InChI is InChI=1S/C19H16Cl2N2O5S/c20-13-6-7-18(17(21)9-13)28-12-19(24)23-14-3-1-5-16(10-14)29(25,26)22-11-15-4-2-8-27-15/h1-10,22H,11-12H2,(H,23,24). The van der Waals surface area contributed by atoms with Gasteiger partial charge in [-0.05, 0) is 48.5 Å². The fourth-order valence-electron chi connectivity index (χ4n) is 2.34. The van der Waals surface area contributed by atoms with Gasteiger partial charge in [0, 0.05) is 10.7 Å². The second-order valence-electron chi connectivity index (χ2n) is 5.84. The van der Waals surface area contributed by atoms with Gasteiger partial charge < -0.3 is 14.5 Å². The van der Waals surface area contributed by atoms with Crippen LogP contribution in [0, 0.1) is 0 Å². The minimum atomic E-state index is -3.78. The number of carbonyl (C=O) groups is 1. The fraction of sp³-hybridized carbons (Fsp3) is 0.105. The summed E-state index contributed by atoms with van der Waals surface area (Å²) in [6, 6.07) is 13.8. The first kappa shape index (κ1) is 21.2. The van der Waals surface area contributed by atoms with Gasteiger partial charge in [0.15, 0.2) is 6.61 Å². The van der Waals surface area contributed by atoms with E-state index < -0.39 is 15.9 Å². The maximum atomic E-state index is 12.4. The van der Waals surface area contributed by atoms with Crippen LogP contribution in [0.3, 0.4) is 0 Å². The minimum absolute atomic E-state index is 0.00326. The maximum Gasteiger partial charge on any atom is 0.262 e. The van der Waals surface area contributed by atoms with E-state index in [0.29, 0.717) is 22.2 Å². The number of nitrogens with one attached hydrogen (secondary N) is 2. The van der Waals surface area contributed by atoms with Crippen LogP contribution in [0.1, 0.15) is 5.76 Å². The highest BCUT2D eigenvalue weighted by atomic mass is 35.5. The van der Waals surface area contributed by atoms with E-state index in [1.807, 2.05) is 0 Å². The van der Waals surface area contributed by atoms with E-state index in [-0.39, 0.29) is 23.1 Å². The number of hydrogen-bond donors (Lipinski definition) is 2.